The average Bonchev–Trinajstić information content (AvgIpc) is 2.64. The van der Waals surface area contributed by atoms with Crippen LogP contribution in [0.2, 0.25) is 0 Å². The van der Waals surface area contributed by atoms with Gasteiger partial charge >= 0.3 is 7.60 Å². The molecule has 0 atom stereocenters. The number of aryl methyl sites for hydroxylation is 3. The van der Waals surface area contributed by atoms with Crippen molar-refractivity contribution < 1.29 is 27.9 Å². The highest BCUT2D eigenvalue weighted by atomic mass is 31.2. The third-order valence-corrected chi connectivity index (χ3v) is 5.62. The zero-order chi connectivity index (χ0) is 21.3. The molecule has 3 aromatic carbocycles. The van der Waals surface area contributed by atoms with E-state index in [9.17, 15) is 23.1 Å². The van der Waals surface area contributed by atoms with Crippen LogP contribution in [-0.2, 0) is 11.0 Å². The van der Waals surface area contributed by atoms with Gasteiger partial charge < -0.3 is 14.5 Å². The van der Waals surface area contributed by atoms with E-state index >= 15 is 0 Å². The molecule has 0 bridgehead atoms. The fraction of sp³-hybridized carbons (Fsp3) is 0.182. The molecule has 0 amide bonds. The second-order valence-electron chi connectivity index (χ2n) is 6.86. The molecule has 0 aromatic heterocycles. The molecule has 0 spiro atoms. The number of ether oxygens (including phenoxy) is 1. The SMILES string of the molecule is CCc1ccc(-c2ccc(Oc3c(C)cc(P(=O)(O)O)cc3C)cc2F)cc1F. The van der Waals surface area contributed by atoms with Crippen LogP contribution in [0, 0.1) is 25.5 Å². The molecule has 0 radical (unpaired) electrons. The van der Waals surface area contributed by atoms with Crippen molar-refractivity contribution in [3.05, 3.63) is 76.9 Å². The van der Waals surface area contributed by atoms with Crippen molar-refractivity contribution in [3.63, 3.8) is 0 Å². The van der Waals surface area contributed by atoms with E-state index < -0.39 is 13.4 Å². The second kappa shape index (κ2) is 8.07. The van der Waals surface area contributed by atoms with E-state index in [-0.39, 0.29) is 22.4 Å². The predicted octanol–water partition coefficient (Wildman–Crippen LogP) is 5.41. The Balaban J connectivity index is 1.92. The summed E-state index contributed by atoms with van der Waals surface area (Å²) in [6.45, 7) is 5.16. The molecule has 3 aromatic rings. The summed E-state index contributed by atoms with van der Waals surface area (Å²) < 4.78 is 45.9. The predicted molar refractivity (Wildman–Crippen MR) is 109 cm³/mol. The first-order valence-corrected chi connectivity index (χ1v) is 10.6. The molecule has 0 saturated heterocycles. The first-order valence-electron chi connectivity index (χ1n) is 9.03. The highest BCUT2D eigenvalue weighted by Crippen LogP contribution is 2.37. The van der Waals surface area contributed by atoms with Gasteiger partial charge in [-0.25, -0.2) is 8.78 Å². The lowest BCUT2D eigenvalue weighted by Gasteiger charge is -2.15. The average molecular weight is 418 g/mol. The van der Waals surface area contributed by atoms with Crippen molar-refractivity contribution in [3.8, 4) is 22.6 Å². The minimum Gasteiger partial charge on any atom is -0.457 e. The van der Waals surface area contributed by atoms with Gasteiger partial charge in [-0.3, -0.25) is 4.57 Å². The van der Waals surface area contributed by atoms with Crippen LogP contribution >= 0.6 is 7.60 Å². The number of halogens is 2. The molecule has 7 heteroatoms. The molecule has 0 aliphatic carbocycles. The molecule has 152 valence electrons. The van der Waals surface area contributed by atoms with E-state index in [2.05, 4.69) is 0 Å². The Morgan fingerprint density at radius 1 is 0.931 bits per heavy atom. The molecule has 29 heavy (non-hydrogen) atoms. The van der Waals surface area contributed by atoms with Crippen molar-refractivity contribution in [1.82, 2.24) is 0 Å². The quantitative estimate of drug-likeness (QED) is 0.544. The first-order chi connectivity index (χ1) is 13.6. The zero-order valence-electron chi connectivity index (χ0n) is 16.2. The summed E-state index contributed by atoms with van der Waals surface area (Å²) in [7, 11) is -4.38. The van der Waals surface area contributed by atoms with E-state index in [0.717, 1.165) is 0 Å². The summed E-state index contributed by atoms with van der Waals surface area (Å²) in [5.74, 6) is -0.311. The van der Waals surface area contributed by atoms with E-state index in [1.807, 2.05) is 6.92 Å². The van der Waals surface area contributed by atoms with Gasteiger partial charge in [0.05, 0.1) is 5.30 Å². The van der Waals surface area contributed by atoms with Crippen LogP contribution in [0.15, 0.2) is 48.5 Å². The van der Waals surface area contributed by atoms with E-state index in [4.69, 9.17) is 4.74 Å². The standard InChI is InChI=1S/C22H21F2O4P/c1-4-15-5-6-16(11-20(15)23)19-8-7-17(12-21(19)24)28-22-13(2)9-18(10-14(22)3)29(25,26)27/h5-12H,4H2,1-3H3,(H2,25,26,27). The summed E-state index contributed by atoms with van der Waals surface area (Å²) >= 11 is 0. The number of hydrogen-bond acceptors (Lipinski definition) is 2. The van der Waals surface area contributed by atoms with Crippen molar-refractivity contribution in [1.29, 1.82) is 0 Å². The summed E-state index contributed by atoms with van der Waals surface area (Å²) in [4.78, 5) is 18.7. The van der Waals surface area contributed by atoms with Crippen molar-refractivity contribution >= 4 is 12.9 Å². The molecule has 0 unspecified atom stereocenters. The minimum absolute atomic E-state index is 0.0982. The third kappa shape index (κ3) is 4.56. The zero-order valence-corrected chi connectivity index (χ0v) is 17.1. The molecule has 2 N–H and O–H groups in total. The van der Waals surface area contributed by atoms with Gasteiger partial charge in [-0.1, -0.05) is 19.1 Å². The lowest BCUT2D eigenvalue weighted by atomic mass is 10.0. The fourth-order valence-electron chi connectivity index (χ4n) is 3.17. The van der Waals surface area contributed by atoms with Gasteiger partial charge in [-0.05, 0) is 72.9 Å². The number of rotatable bonds is 5. The number of hydrogen-bond donors (Lipinski definition) is 2. The first kappa shape index (κ1) is 21.2. The monoisotopic (exact) mass is 418 g/mol. The van der Waals surface area contributed by atoms with Crippen LogP contribution in [0.1, 0.15) is 23.6 Å². The van der Waals surface area contributed by atoms with E-state index in [1.165, 1.54) is 30.3 Å². The second-order valence-corrected chi connectivity index (χ2v) is 8.46. The van der Waals surface area contributed by atoms with Crippen LogP contribution in [0.25, 0.3) is 11.1 Å². The molecular formula is C22H21F2O4P. The van der Waals surface area contributed by atoms with Gasteiger partial charge in [0.1, 0.15) is 23.1 Å². The third-order valence-electron chi connectivity index (χ3n) is 4.69. The van der Waals surface area contributed by atoms with Crippen LogP contribution in [0.5, 0.6) is 11.5 Å². The molecule has 0 aliphatic rings. The Morgan fingerprint density at radius 2 is 1.59 bits per heavy atom. The largest absolute Gasteiger partial charge is 0.457 e. The highest BCUT2D eigenvalue weighted by Gasteiger charge is 2.20. The topological polar surface area (TPSA) is 66.8 Å². The lowest BCUT2D eigenvalue weighted by Crippen LogP contribution is -2.07. The van der Waals surface area contributed by atoms with Crippen molar-refractivity contribution in [2.75, 3.05) is 0 Å². The Labute approximate surface area is 168 Å². The maximum atomic E-state index is 14.7. The molecule has 0 aliphatic heterocycles. The van der Waals surface area contributed by atoms with Gasteiger partial charge in [0, 0.05) is 11.6 Å². The Morgan fingerprint density at radius 3 is 2.10 bits per heavy atom. The van der Waals surface area contributed by atoms with Crippen LogP contribution < -0.4 is 10.0 Å². The van der Waals surface area contributed by atoms with Gasteiger partial charge in [-0.15, -0.1) is 0 Å². The van der Waals surface area contributed by atoms with Crippen molar-refractivity contribution in [2.24, 2.45) is 0 Å². The maximum Gasteiger partial charge on any atom is 0.356 e. The van der Waals surface area contributed by atoms with Gasteiger partial charge in [0.2, 0.25) is 0 Å². The molecule has 4 nitrogen and oxygen atoms in total. The summed E-state index contributed by atoms with van der Waals surface area (Å²) in [5, 5.41) is -0.0982. The van der Waals surface area contributed by atoms with Crippen molar-refractivity contribution in [2.45, 2.75) is 27.2 Å². The van der Waals surface area contributed by atoms with Gasteiger partial charge in [-0.2, -0.15) is 0 Å². The van der Waals surface area contributed by atoms with E-state index in [1.54, 1.807) is 32.0 Å². The maximum absolute atomic E-state index is 14.7. The summed E-state index contributed by atoms with van der Waals surface area (Å²) in [5.41, 5.74) is 2.29. The highest BCUT2D eigenvalue weighted by molar-refractivity contribution is 7.60. The fourth-order valence-corrected chi connectivity index (χ4v) is 3.89. The van der Waals surface area contributed by atoms with Crippen LogP contribution in [0.4, 0.5) is 8.78 Å². The molecule has 0 fully saturated rings. The summed E-state index contributed by atoms with van der Waals surface area (Å²) in [6.07, 6.45) is 0.556. The molecule has 3 rings (SSSR count). The van der Waals surface area contributed by atoms with Crippen LogP contribution in [0.3, 0.4) is 0 Å². The minimum atomic E-state index is -4.38. The van der Waals surface area contributed by atoms with Crippen LogP contribution in [-0.4, -0.2) is 9.79 Å². The molecule has 0 heterocycles. The number of benzene rings is 3. The molecule has 0 saturated carbocycles. The molecular weight excluding hydrogens is 397 g/mol. The Hall–Kier alpha value is -2.53. The normalized spacial score (nSPS) is 11.6. The smallest absolute Gasteiger partial charge is 0.356 e. The Bertz CT molecular complexity index is 1100. The Kier molecular flexibility index (Phi) is 5.90. The van der Waals surface area contributed by atoms with Gasteiger partial charge in [0.25, 0.3) is 0 Å². The van der Waals surface area contributed by atoms with E-state index in [0.29, 0.717) is 34.4 Å². The summed E-state index contributed by atoms with van der Waals surface area (Å²) in [6, 6.07) is 11.6. The lowest BCUT2D eigenvalue weighted by molar-refractivity contribution is 0.387. The van der Waals surface area contributed by atoms with Gasteiger partial charge in [0.15, 0.2) is 0 Å².